The molecule has 0 spiro atoms. The number of imidazole rings is 1. The molecular formula is C28H26N4O3S. The summed E-state index contributed by atoms with van der Waals surface area (Å²) in [4.78, 5) is 8.41. The first-order chi connectivity index (χ1) is 17.5. The Morgan fingerprint density at radius 1 is 0.889 bits per heavy atom. The fraction of sp³-hybridized carbons (Fsp3) is 0.214. The summed E-state index contributed by atoms with van der Waals surface area (Å²) in [5.74, 6) is 1.85. The van der Waals surface area contributed by atoms with Gasteiger partial charge in [0.25, 0.3) is 0 Å². The normalized spacial score (nSPS) is 15.5. The third-order valence-corrected chi connectivity index (χ3v) is 8.85. The van der Waals surface area contributed by atoms with Crippen LogP contribution >= 0.6 is 0 Å². The summed E-state index contributed by atoms with van der Waals surface area (Å²) < 4.78 is 33.9. The second-order valence-corrected chi connectivity index (χ2v) is 11.1. The Labute approximate surface area is 209 Å². The highest BCUT2D eigenvalue weighted by Crippen LogP contribution is 2.35. The maximum atomic E-state index is 13.4. The molecule has 0 saturated carbocycles. The molecule has 1 fully saturated rings. The Kier molecular flexibility index (Phi) is 5.70. The van der Waals surface area contributed by atoms with E-state index in [0.717, 1.165) is 52.1 Å². The molecule has 0 atom stereocenters. The number of aryl methyl sites for hydroxylation is 1. The van der Waals surface area contributed by atoms with Crippen LogP contribution in [0.1, 0.15) is 30.3 Å². The summed E-state index contributed by atoms with van der Waals surface area (Å²) in [6.45, 7) is 2.80. The van der Waals surface area contributed by atoms with Crippen LogP contribution in [0.5, 0.6) is 0 Å². The van der Waals surface area contributed by atoms with Crippen LogP contribution in [0.25, 0.3) is 33.4 Å². The molecule has 0 unspecified atom stereocenters. The second-order valence-electron chi connectivity index (χ2n) is 9.17. The molecule has 6 rings (SSSR count). The molecule has 0 bridgehead atoms. The average Bonchev–Trinajstić information content (AvgIpc) is 3.53. The molecule has 3 aromatic carbocycles. The van der Waals surface area contributed by atoms with Crippen molar-refractivity contribution in [3.8, 4) is 22.4 Å². The summed E-state index contributed by atoms with van der Waals surface area (Å²) in [6.07, 6.45) is 1.47. The van der Waals surface area contributed by atoms with Crippen molar-refractivity contribution in [3.05, 3.63) is 90.4 Å². The predicted octanol–water partition coefficient (Wildman–Crippen LogP) is 5.76. The first kappa shape index (κ1) is 22.7. The van der Waals surface area contributed by atoms with Crippen molar-refractivity contribution in [2.75, 3.05) is 13.1 Å². The number of nitrogens with zero attached hydrogens (tertiary/aromatic N) is 3. The Bertz CT molecular complexity index is 1580. The second kappa shape index (κ2) is 9.04. The lowest BCUT2D eigenvalue weighted by atomic mass is 9.97. The lowest BCUT2D eigenvalue weighted by Gasteiger charge is -2.30. The minimum absolute atomic E-state index is 0.221. The fourth-order valence-electron chi connectivity index (χ4n) is 4.98. The molecule has 2 aromatic heterocycles. The number of benzene rings is 3. The number of aromatic nitrogens is 3. The summed E-state index contributed by atoms with van der Waals surface area (Å²) in [5.41, 5.74) is 5.40. The maximum absolute atomic E-state index is 13.4. The van der Waals surface area contributed by atoms with Crippen LogP contribution in [0.2, 0.25) is 0 Å². The van der Waals surface area contributed by atoms with E-state index in [1.165, 1.54) is 0 Å². The average molecular weight is 499 g/mol. The van der Waals surface area contributed by atoms with Gasteiger partial charge in [-0.25, -0.2) is 13.4 Å². The number of H-pyrrole nitrogens is 1. The summed E-state index contributed by atoms with van der Waals surface area (Å²) in [7, 11) is -3.59. The summed E-state index contributed by atoms with van der Waals surface area (Å²) in [5, 5.41) is 4.24. The summed E-state index contributed by atoms with van der Waals surface area (Å²) in [6, 6.07) is 24.8. The molecule has 8 heteroatoms. The number of nitrogens with one attached hydrogen (secondary N) is 1. The zero-order valence-corrected chi connectivity index (χ0v) is 20.7. The summed E-state index contributed by atoms with van der Waals surface area (Å²) >= 11 is 0. The van der Waals surface area contributed by atoms with Gasteiger partial charge in [0.1, 0.15) is 17.3 Å². The number of fused-ring (bicyclic) bond motifs is 1. The van der Waals surface area contributed by atoms with E-state index in [9.17, 15) is 8.42 Å². The van der Waals surface area contributed by atoms with Gasteiger partial charge < -0.3 is 9.51 Å². The Morgan fingerprint density at radius 2 is 1.58 bits per heavy atom. The van der Waals surface area contributed by atoms with Crippen LogP contribution in [0, 0.1) is 6.92 Å². The Morgan fingerprint density at radius 3 is 2.31 bits per heavy atom. The van der Waals surface area contributed by atoms with Gasteiger partial charge in [0, 0.05) is 24.6 Å². The molecule has 1 saturated heterocycles. The van der Waals surface area contributed by atoms with Gasteiger partial charge >= 0.3 is 0 Å². The fourth-order valence-corrected chi connectivity index (χ4v) is 6.45. The number of hydrogen-bond acceptors (Lipinski definition) is 5. The zero-order chi connectivity index (χ0) is 24.7. The monoisotopic (exact) mass is 498 g/mol. The van der Waals surface area contributed by atoms with E-state index in [-0.39, 0.29) is 5.92 Å². The third kappa shape index (κ3) is 4.02. The van der Waals surface area contributed by atoms with E-state index in [1.807, 2.05) is 73.7 Å². The molecular weight excluding hydrogens is 472 g/mol. The highest BCUT2D eigenvalue weighted by atomic mass is 32.2. The molecule has 0 amide bonds. The van der Waals surface area contributed by atoms with Crippen molar-refractivity contribution in [2.24, 2.45) is 0 Å². The molecule has 0 aliphatic carbocycles. The van der Waals surface area contributed by atoms with Crippen molar-refractivity contribution in [1.29, 1.82) is 0 Å². The lowest BCUT2D eigenvalue weighted by Crippen LogP contribution is -2.38. The van der Waals surface area contributed by atoms with E-state index in [1.54, 1.807) is 16.4 Å². The minimum atomic E-state index is -3.59. The van der Waals surface area contributed by atoms with Crippen LogP contribution in [-0.4, -0.2) is 40.9 Å². The largest absolute Gasteiger partial charge is 0.360 e. The van der Waals surface area contributed by atoms with Gasteiger partial charge in [0.15, 0.2) is 0 Å². The van der Waals surface area contributed by atoms with Gasteiger partial charge in [-0.15, -0.1) is 0 Å². The quantitative estimate of drug-likeness (QED) is 0.333. The number of sulfonamides is 1. The van der Waals surface area contributed by atoms with Crippen LogP contribution in [0.4, 0.5) is 0 Å². The van der Waals surface area contributed by atoms with E-state index in [2.05, 4.69) is 10.1 Å². The number of aromatic amines is 1. The minimum Gasteiger partial charge on any atom is -0.360 e. The third-order valence-electron chi connectivity index (χ3n) is 6.94. The van der Waals surface area contributed by atoms with Crippen molar-refractivity contribution in [2.45, 2.75) is 30.6 Å². The molecule has 182 valence electrons. The smallest absolute Gasteiger partial charge is 0.243 e. The molecule has 1 aliphatic heterocycles. The first-order valence-corrected chi connectivity index (χ1v) is 13.5. The molecule has 3 heterocycles. The van der Waals surface area contributed by atoms with Gasteiger partial charge in [0.2, 0.25) is 10.0 Å². The van der Waals surface area contributed by atoms with Crippen LogP contribution in [0.3, 0.4) is 0 Å². The SMILES string of the molecule is Cc1onc(-c2ccccc2)c1-c1ccc(S(=O)(=O)N2CCC(c3nc4ccccc4[nH]3)CC2)cc1. The van der Waals surface area contributed by atoms with E-state index < -0.39 is 10.0 Å². The van der Waals surface area contributed by atoms with Crippen LogP contribution in [-0.2, 0) is 10.0 Å². The van der Waals surface area contributed by atoms with Gasteiger partial charge in [-0.1, -0.05) is 59.8 Å². The first-order valence-electron chi connectivity index (χ1n) is 12.1. The van der Waals surface area contributed by atoms with Crippen molar-refractivity contribution in [1.82, 2.24) is 19.4 Å². The Hall–Kier alpha value is -3.75. The molecule has 5 aromatic rings. The number of piperidine rings is 1. The molecule has 7 nitrogen and oxygen atoms in total. The molecule has 0 radical (unpaired) electrons. The predicted molar refractivity (Wildman–Crippen MR) is 139 cm³/mol. The molecule has 1 aliphatic rings. The molecule has 1 N–H and O–H groups in total. The lowest BCUT2D eigenvalue weighted by molar-refractivity contribution is 0.314. The van der Waals surface area contributed by atoms with Crippen molar-refractivity contribution >= 4 is 21.1 Å². The number of hydrogen-bond donors (Lipinski definition) is 1. The van der Waals surface area contributed by atoms with Crippen molar-refractivity contribution in [3.63, 3.8) is 0 Å². The highest BCUT2D eigenvalue weighted by Gasteiger charge is 2.31. The van der Waals surface area contributed by atoms with Crippen LogP contribution in [0.15, 0.2) is 88.3 Å². The van der Waals surface area contributed by atoms with E-state index >= 15 is 0 Å². The van der Waals surface area contributed by atoms with Gasteiger partial charge in [-0.2, -0.15) is 4.31 Å². The van der Waals surface area contributed by atoms with Crippen LogP contribution < -0.4 is 0 Å². The zero-order valence-electron chi connectivity index (χ0n) is 19.9. The standard InChI is InChI=1S/C28H26N4O3S/c1-19-26(27(31-35-19)21-7-3-2-4-8-21)20-11-13-23(14-12-20)36(33,34)32-17-15-22(16-18-32)28-29-24-9-5-6-10-25(24)30-28/h2-14,22H,15-18H2,1H3,(H,29,30). The van der Waals surface area contributed by atoms with E-state index in [0.29, 0.717) is 23.7 Å². The number of rotatable bonds is 5. The maximum Gasteiger partial charge on any atom is 0.243 e. The molecule has 36 heavy (non-hydrogen) atoms. The van der Waals surface area contributed by atoms with Crippen molar-refractivity contribution < 1.29 is 12.9 Å². The van der Waals surface area contributed by atoms with Gasteiger partial charge in [0.05, 0.1) is 21.5 Å². The topological polar surface area (TPSA) is 92.1 Å². The Balaban J connectivity index is 1.20. The van der Waals surface area contributed by atoms with Gasteiger partial charge in [-0.05, 0) is 49.6 Å². The van der Waals surface area contributed by atoms with Gasteiger partial charge in [-0.3, -0.25) is 0 Å². The number of para-hydroxylation sites is 2. The van der Waals surface area contributed by atoms with E-state index in [4.69, 9.17) is 9.51 Å². The highest BCUT2D eigenvalue weighted by molar-refractivity contribution is 7.89.